The molecule has 1 fully saturated rings. The summed E-state index contributed by atoms with van der Waals surface area (Å²) in [7, 11) is 0. The maximum Gasteiger partial charge on any atom is 0.335 e. The fraction of sp³-hybridized carbons (Fsp3) is 0.533. The van der Waals surface area contributed by atoms with Gasteiger partial charge in [0.05, 0.1) is 12.2 Å². The Morgan fingerprint density at radius 2 is 2.16 bits per heavy atom. The monoisotopic (exact) mass is 263 g/mol. The average Bonchev–Trinajstić information content (AvgIpc) is 2.46. The molecule has 0 unspecified atom stereocenters. The summed E-state index contributed by atoms with van der Waals surface area (Å²) in [6.07, 6.45) is 2.32. The van der Waals surface area contributed by atoms with Crippen LogP contribution in [0.25, 0.3) is 0 Å². The van der Waals surface area contributed by atoms with E-state index in [1.807, 2.05) is 6.07 Å². The van der Waals surface area contributed by atoms with Crippen LogP contribution in [-0.4, -0.2) is 42.2 Å². The van der Waals surface area contributed by atoms with Crippen molar-refractivity contribution in [2.45, 2.75) is 19.8 Å². The zero-order valence-electron chi connectivity index (χ0n) is 11.3. The molecule has 1 aromatic rings. The highest BCUT2D eigenvalue weighted by molar-refractivity contribution is 5.87. The van der Waals surface area contributed by atoms with Crippen LogP contribution >= 0.6 is 0 Å². The second-order valence-electron chi connectivity index (χ2n) is 5.02. The molecule has 1 saturated heterocycles. The normalized spacial score (nSPS) is 17.3. The first-order valence-electron chi connectivity index (χ1n) is 6.87. The lowest BCUT2D eigenvalue weighted by atomic mass is 9.98. The molecule has 0 saturated carbocycles. The van der Waals surface area contributed by atoms with Gasteiger partial charge in [-0.25, -0.2) is 4.79 Å². The van der Waals surface area contributed by atoms with Crippen molar-refractivity contribution in [3.63, 3.8) is 0 Å². The molecular formula is C15H21NO3. The number of aromatic carboxylic acids is 1. The molecule has 19 heavy (non-hydrogen) atoms. The van der Waals surface area contributed by atoms with Gasteiger partial charge in [-0.05, 0) is 56.6 Å². The van der Waals surface area contributed by atoms with Crippen LogP contribution in [0.2, 0.25) is 0 Å². The molecule has 0 radical (unpaired) electrons. The van der Waals surface area contributed by atoms with E-state index < -0.39 is 5.97 Å². The van der Waals surface area contributed by atoms with Crippen molar-refractivity contribution in [3.8, 4) is 5.75 Å². The predicted molar refractivity (Wildman–Crippen MR) is 73.7 cm³/mol. The molecule has 4 nitrogen and oxygen atoms in total. The average molecular weight is 263 g/mol. The van der Waals surface area contributed by atoms with E-state index in [9.17, 15) is 4.79 Å². The van der Waals surface area contributed by atoms with Gasteiger partial charge in [-0.3, -0.25) is 0 Å². The summed E-state index contributed by atoms with van der Waals surface area (Å²) in [5.41, 5.74) is 0.276. The lowest BCUT2D eigenvalue weighted by Crippen LogP contribution is -2.35. The third-order valence-electron chi connectivity index (χ3n) is 3.72. The zero-order chi connectivity index (χ0) is 13.7. The summed E-state index contributed by atoms with van der Waals surface area (Å²) in [5.74, 6) is 0.316. The van der Waals surface area contributed by atoms with Crippen molar-refractivity contribution < 1.29 is 14.6 Å². The second kappa shape index (κ2) is 6.57. The maximum atomic E-state index is 10.9. The van der Waals surface area contributed by atoms with Crippen LogP contribution in [0, 0.1) is 5.92 Å². The van der Waals surface area contributed by atoms with Crippen molar-refractivity contribution in [2.24, 2.45) is 5.92 Å². The highest BCUT2D eigenvalue weighted by Crippen LogP contribution is 2.20. The Kier molecular flexibility index (Phi) is 4.80. The Hall–Kier alpha value is -1.55. The molecule has 1 aliphatic rings. The number of nitrogens with zero attached hydrogens (tertiary/aromatic N) is 1. The number of carboxylic acid groups (broad SMARTS) is 1. The minimum absolute atomic E-state index is 0.276. The largest absolute Gasteiger partial charge is 0.493 e. The molecule has 4 heteroatoms. The van der Waals surface area contributed by atoms with E-state index in [0.29, 0.717) is 18.3 Å². The minimum atomic E-state index is -0.915. The number of ether oxygens (including phenoxy) is 1. The van der Waals surface area contributed by atoms with Crippen LogP contribution in [0.4, 0.5) is 0 Å². The van der Waals surface area contributed by atoms with Crippen LogP contribution < -0.4 is 4.74 Å². The van der Waals surface area contributed by atoms with E-state index in [1.54, 1.807) is 18.2 Å². The van der Waals surface area contributed by atoms with Crippen LogP contribution in [0.15, 0.2) is 24.3 Å². The van der Waals surface area contributed by atoms with Crippen LogP contribution in [0.5, 0.6) is 5.75 Å². The number of hydrogen-bond donors (Lipinski definition) is 1. The standard InChI is InChI=1S/C15H21NO3/c1-2-16-8-6-12(7-9-16)11-19-14-5-3-4-13(10-14)15(17)18/h3-5,10,12H,2,6-9,11H2,1H3,(H,17,18). The smallest absolute Gasteiger partial charge is 0.335 e. The molecule has 1 aliphatic heterocycles. The summed E-state index contributed by atoms with van der Waals surface area (Å²) in [5, 5.41) is 8.92. The third kappa shape index (κ3) is 3.96. The lowest BCUT2D eigenvalue weighted by Gasteiger charge is -2.30. The van der Waals surface area contributed by atoms with Crippen LogP contribution in [-0.2, 0) is 0 Å². The minimum Gasteiger partial charge on any atom is -0.493 e. The van der Waals surface area contributed by atoms with Crippen molar-refractivity contribution in [1.82, 2.24) is 4.90 Å². The third-order valence-corrected chi connectivity index (χ3v) is 3.72. The summed E-state index contributed by atoms with van der Waals surface area (Å²) in [6, 6.07) is 6.70. The van der Waals surface area contributed by atoms with E-state index in [4.69, 9.17) is 9.84 Å². The second-order valence-corrected chi connectivity index (χ2v) is 5.02. The number of carbonyl (C=O) groups is 1. The van der Waals surface area contributed by atoms with Crippen molar-refractivity contribution >= 4 is 5.97 Å². The van der Waals surface area contributed by atoms with E-state index in [2.05, 4.69) is 11.8 Å². The van der Waals surface area contributed by atoms with Gasteiger partial charge >= 0.3 is 5.97 Å². The molecule has 1 aromatic carbocycles. The summed E-state index contributed by atoms with van der Waals surface area (Å²) in [6.45, 7) is 6.27. The van der Waals surface area contributed by atoms with Gasteiger partial charge in [0.2, 0.25) is 0 Å². The Bertz CT molecular complexity index is 425. The van der Waals surface area contributed by atoms with E-state index in [0.717, 1.165) is 32.5 Å². The highest BCUT2D eigenvalue weighted by atomic mass is 16.5. The molecule has 104 valence electrons. The Labute approximate surface area is 114 Å². The SMILES string of the molecule is CCN1CCC(COc2cccc(C(=O)O)c2)CC1. The van der Waals surface area contributed by atoms with Crippen molar-refractivity contribution in [1.29, 1.82) is 0 Å². The van der Waals surface area contributed by atoms with Gasteiger partial charge in [-0.2, -0.15) is 0 Å². The van der Waals surface area contributed by atoms with Crippen LogP contribution in [0.1, 0.15) is 30.1 Å². The maximum absolute atomic E-state index is 10.9. The number of carboxylic acids is 1. The summed E-state index contributed by atoms with van der Waals surface area (Å²) in [4.78, 5) is 13.3. The number of benzene rings is 1. The Morgan fingerprint density at radius 1 is 1.42 bits per heavy atom. The fourth-order valence-corrected chi connectivity index (χ4v) is 2.40. The molecule has 0 atom stereocenters. The lowest BCUT2D eigenvalue weighted by molar-refractivity contribution is 0.0696. The zero-order valence-corrected chi connectivity index (χ0v) is 11.3. The first-order valence-corrected chi connectivity index (χ1v) is 6.87. The molecule has 0 aliphatic carbocycles. The molecule has 0 amide bonds. The molecule has 1 N–H and O–H groups in total. The summed E-state index contributed by atoms with van der Waals surface area (Å²) >= 11 is 0. The van der Waals surface area contributed by atoms with E-state index in [-0.39, 0.29) is 5.56 Å². The predicted octanol–water partition coefficient (Wildman–Crippen LogP) is 2.50. The van der Waals surface area contributed by atoms with Gasteiger partial charge in [-0.15, -0.1) is 0 Å². The number of rotatable bonds is 5. The van der Waals surface area contributed by atoms with Gasteiger partial charge < -0.3 is 14.7 Å². The Balaban J connectivity index is 1.82. The van der Waals surface area contributed by atoms with Gasteiger partial charge in [0, 0.05) is 0 Å². The van der Waals surface area contributed by atoms with Crippen molar-refractivity contribution in [3.05, 3.63) is 29.8 Å². The quantitative estimate of drug-likeness (QED) is 0.886. The molecular weight excluding hydrogens is 242 g/mol. The number of piperidine rings is 1. The molecule has 0 spiro atoms. The summed E-state index contributed by atoms with van der Waals surface area (Å²) < 4.78 is 5.72. The molecule has 1 heterocycles. The number of hydrogen-bond acceptors (Lipinski definition) is 3. The fourth-order valence-electron chi connectivity index (χ4n) is 2.40. The van der Waals surface area contributed by atoms with Gasteiger partial charge in [0.15, 0.2) is 0 Å². The molecule has 0 aromatic heterocycles. The van der Waals surface area contributed by atoms with Gasteiger partial charge in [0.25, 0.3) is 0 Å². The van der Waals surface area contributed by atoms with Gasteiger partial charge in [0.1, 0.15) is 5.75 Å². The Morgan fingerprint density at radius 3 is 2.79 bits per heavy atom. The van der Waals surface area contributed by atoms with Crippen LogP contribution in [0.3, 0.4) is 0 Å². The first kappa shape index (κ1) is 13.9. The first-order chi connectivity index (χ1) is 9.19. The topological polar surface area (TPSA) is 49.8 Å². The molecule has 0 bridgehead atoms. The van der Waals surface area contributed by atoms with E-state index >= 15 is 0 Å². The molecule has 2 rings (SSSR count). The number of likely N-dealkylation sites (tertiary alicyclic amines) is 1. The van der Waals surface area contributed by atoms with Crippen molar-refractivity contribution in [2.75, 3.05) is 26.2 Å². The van der Waals surface area contributed by atoms with Gasteiger partial charge in [-0.1, -0.05) is 13.0 Å². The highest BCUT2D eigenvalue weighted by Gasteiger charge is 2.18. The van der Waals surface area contributed by atoms with E-state index in [1.165, 1.54) is 0 Å².